The van der Waals surface area contributed by atoms with E-state index in [4.69, 9.17) is 0 Å². The molecule has 1 aromatic rings. The van der Waals surface area contributed by atoms with Gasteiger partial charge in [0.15, 0.2) is 0 Å². The van der Waals surface area contributed by atoms with E-state index in [0.717, 1.165) is 18.5 Å². The number of carbonyl (C=O) groups excluding carboxylic acids is 2. The molecule has 1 heterocycles. The zero-order valence-corrected chi connectivity index (χ0v) is 15.3. The lowest BCUT2D eigenvalue weighted by Crippen LogP contribution is -2.43. The number of amides is 2. The van der Waals surface area contributed by atoms with Crippen LogP contribution in [0.5, 0.6) is 0 Å². The first-order valence-corrected chi connectivity index (χ1v) is 9.41. The van der Waals surface area contributed by atoms with Gasteiger partial charge in [0.05, 0.1) is 5.92 Å². The third-order valence-corrected chi connectivity index (χ3v) is 5.69. The topological polar surface area (TPSA) is 52.7 Å². The van der Waals surface area contributed by atoms with Crippen molar-refractivity contribution in [2.45, 2.75) is 51.1 Å². The van der Waals surface area contributed by atoms with Gasteiger partial charge in [0.2, 0.25) is 11.8 Å². The van der Waals surface area contributed by atoms with Gasteiger partial charge in [-0.1, -0.05) is 31.0 Å². The molecular weight excluding hydrogens is 314 g/mol. The summed E-state index contributed by atoms with van der Waals surface area (Å²) in [7, 11) is 2.03. The van der Waals surface area contributed by atoms with E-state index in [-0.39, 0.29) is 23.8 Å². The molecule has 0 radical (unpaired) electrons. The molecule has 1 saturated carbocycles. The molecule has 1 aliphatic carbocycles. The van der Waals surface area contributed by atoms with Crippen molar-refractivity contribution in [3.63, 3.8) is 0 Å². The number of benzene rings is 1. The van der Waals surface area contributed by atoms with Gasteiger partial charge in [0.25, 0.3) is 0 Å². The number of hydrogen-bond acceptors (Lipinski definition) is 3. The zero-order valence-electron chi connectivity index (χ0n) is 15.3. The summed E-state index contributed by atoms with van der Waals surface area (Å²) in [5.41, 5.74) is 1.13. The molecule has 1 N–H and O–H groups in total. The average Bonchev–Trinajstić information content (AvgIpc) is 3.28. The van der Waals surface area contributed by atoms with Crippen molar-refractivity contribution in [1.82, 2.24) is 10.2 Å². The highest BCUT2D eigenvalue weighted by Gasteiger charge is 2.38. The Labute approximate surface area is 150 Å². The van der Waals surface area contributed by atoms with E-state index in [1.165, 1.54) is 12.8 Å². The Kier molecular flexibility index (Phi) is 5.61. The maximum atomic E-state index is 12.5. The van der Waals surface area contributed by atoms with Crippen molar-refractivity contribution in [3.05, 3.63) is 30.3 Å². The third-order valence-electron chi connectivity index (χ3n) is 5.69. The van der Waals surface area contributed by atoms with E-state index in [1.54, 1.807) is 0 Å². The molecule has 2 aliphatic rings. The van der Waals surface area contributed by atoms with Crippen LogP contribution in [0, 0.1) is 5.92 Å². The van der Waals surface area contributed by atoms with E-state index < -0.39 is 0 Å². The summed E-state index contributed by atoms with van der Waals surface area (Å²) in [4.78, 5) is 28.9. The smallest absolute Gasteiger partial charge is 0.225 e. The van der Waals surface area contributed by atoms with Crippen LogP contribution in [0.25, 0.3) is 0 Å². The molecule has 136 valence electrons. The fourth-order valence-corrected chi connectivity index (χ4v) is 3.92. The Morgan fingerprint density at radius 1 is 1.28 bits per heavy atom. The quantitative estimate of drug-likeness (QED) is 0.863. The summed E-state index contributed by atoms with van der Waals surface area (Å²) in [5.74, 6) is -0.0222. The molecule has 0 bridgehead atoms. The minimum Gasteiger partial charge on any atom is -0.370 e. The molecule has 5 nitrogen and oxygen atoms in total. The number of hydrogen-bond donors (Lipinski definition) is 1. The number of likely N-dealkylation sites (N-methyl/N-ethyl adjacent to an activating group) is 1. The van der Waals surface area contributed by atoms with E-state index in [0.29, 0.717) is 25.6 Å². The Bertz CT molecular complexity index is 598. The molecule has 5 heteroatoms. The second kappa shape index (κ2) is 7.89. The molecule has 0 aromatic heterocycles. The van der Waals surface area contributed by atoms with Crippen LogP contribution in [-0.2, 0) is 9.59 Å². The molecule has 2 fully saturated rings. The summed E-state index contributed by atoms with van der Waals surface area (Å²) in [6.45, 7) is 3.27. The zero-order chi connectivity index (χ0) is 17.8. The third kappa shape index (κ3) is 4.14. The van der Waals surface area contributed by atoms with E-state index in [9.17, 15) is 9.59 Å². The van der Waals surface area contributed by atoms with Gasteiger partial charge in [-0.15, -0.1) is 0 Å². The van der Waals surface area contributed by atoms with Gasteiger partial charge in [-0.05, 0) is 31.9 Å². The van der Waals surface area contributed by atoms with E-state index >= 15 is 0 Å². The summed E-state index contributed by atoms with van der Waals surface area (Å²) in [5, 5.41) is 3.05. The number of nitrogens with one attached hydrogen (secondary N) is 1. The normalized spacial score (nSPS) is 22.2. The number of nitrogens with zero attached hydrogens (tertiary/aromatic N) is 2. The lowest BCUT2D eigenvalue weighted by atomic mass is 10.1. The molecule has 1 saturated heterocycles. The molecule has 1 aromatic carbocycles. The van der Waals surface area contributed by atoms with Crippen LogP contribution in [0.4, 0.5) is 5.69 Å². The summed E-state index contributed by atoms with van der Waals surface area (Å²) in [6.07, 6.45) is 4.96. The van der Waals surface area contributed by atoms with Crippen molar-refractivity contribution in [2.75, 3.05) is 25.0 Å². The van der Waals surface area contributed by atoms with Crippen LogP contribution >= 0.6 is 0 Å². The van der Waals surface area contributed by atoms with Crippen LogP contribution in [0.15, 0.2) is 30.3 Å². The highest BCUT2D eigenvalue weighted by molar-refractivity contribution is 5.89. The van der Waals surface area contributed by atoms with E-state index in [1.807, 2.05) is 30.1 Å². The molecule has 2 atom stereocenters. The fourth-order valence-electron chi connectivity index (χ4n) is 3.92. The van der Waals surface area contributed by atoms with Crippen LogP contribution in [0.3, 0.4) is 0 Å². The van der Waals surface area contributed by atoms with Crippen molar-refractivity contribution in [3.8, 4) is 0 Å². The van der Waals surface area contributed by atoms with E-state index in [2.05, 4.69) is 29.3 Å². The molecular formula is C20H29N3O2. The summed E-state index contributed by atoms with van der Waals surface area (Å²) >= 11 is 0. The summed E-state index contributed by atoms with van der Waals surface area (Å²) in [6, 6.07) is 10.7. The fraction of sp³-hybridized carbons (Fsp3) is 0.600. The standard InChI is InChI=1S/C20H29N3O2/c1-15(22(2)17-8-4-3-5-9-17)13-21-20(25)16-12-19(24)23(14-16)18-10-6-7-11-18/h3-5,8-9,15-16,18H,6-7,10-14H2,1-2H3,(H,21,25). The lowest BCUT2D eigenvalue weighted by Gasteiger charge is -2.28. The van der Waals surface area contributed by atoms with Crippen molar-refractivity contribution in [1.29, 1.82) is 0 Å². The average molecular weight is 343 g/mol. The first-order valence-electron chi connectivity index (χ1n) is 9.41. The maximum absolute atomic E-state index is 12.5. The minimum atomic E-state index is -0.192. The Morgan fingerprint density at radius 2 is 1.96 bits per heavy atom. The predicted octanol–water partition coefficient (Wildman–Crippen LogP) is 2.42. The van der Waals surface area contributed by atoms with Gasteiger partial charge in [0.1, 0.15) is 0 Å². The predicted molar refractivity (Wildman–Crippen MR) is 99.4 cm³/mol. The molecule has 3 rings (SSSR count). The highest BCUT2D eigenvalue weighted by Crippen LogP contribution is 2.29. The number of carbonyl (C=O) groups is 2. The van der Waals surface area contributed by atoms with Crippen molar-refractivity contribution >= 4 is 17.5 Å². The number of rotatable bonds is 6. The Balaban J connectivity index is 1.48. The van der Waals surface area contributed by atoms with Crippen molar-refractivity contribution in [2.24, 2.45) is 5.92 Å². The van der Waals surface area contributed by atoms with Crippen LogP contribution < -0.4 is 10.2 Å². The minimum absolute atomic E-state index is 0.0159. The van der Waals surface area contributed by atoms with Crippen LogP contribution in [0.1, 0.15) is 39.0 Å². The van der Waals surface area contributed by atoms with Gasteiger partial charge in [-0.25, -0.2) is 0 Å². The SMILES string of the molecule is CC(CNC(=O)C1CC(=O)N(C2CCCC2)C1)N(C)c1ccccc1. The maximum Gasteiger partial charge on any atom is 0.225 e. The molecule has 2 unspecified atom stereocenters. The molecule has 0 spiro atoms. The number of likely N-dealkylation sites (tertiary alicyclic amines) is 1. The van der Waals surface area contributed by atoms with Crippen molar-refractivity contribution < 1.29 is 9.59 Å². The highest BCUT2D eigenvalue weighted by atomic mass is 16.2. The first-order chi connectivity index (χ1) is 12.1. The van der Waals surface area contributed by atoms with Gasteiger partial charge < -0.3 is 15.1 Å². The van der Waals surface area contributed by atoms with Gasteiger partial charge in [-0.3, -0.25) is 9.59 Å². The molecule has 25 heavy (non-hydrogen) atoms. The second-order valence-electron chi connectivity index (χ2n) is 7.43. The number of para-hydroxylation sites is 1. The van der Waals surface area contributed by atoms with Gasteiger partial charge in [0, 0.05) is 44.3 Å². The van der Waals surface area contributed by atoms with Crippen LogP contribution in [-0.4, -0.2) is 48.9 Å². The Hall–Kier alpha value is -2.04. The van der Waals surface area contributed by atoms with Gasteiger partial charge in [-0.2, -0.15) is 0 Å². The Morgan fingerprint density at radius 3 is 2.64 bits per heavy atom. The second-order valence-corrected chi connectivity index (χ2v) is 7.43. The summed E-state index contributed by atoms with van der Waals surface area (Å²) < 4.78 is 0. The van der Waals surface area contributed by atoms with Gasteiger partial charge >= 0.3 is 0 Å². The number of anilines is 1. The molecule has 2 amide bonds. The first kappa shape index (κ1) is 17.8. The molecule has 1 aliphatic heterocycles. The largest absolute Gasteiger partial charge is 0.370 e. The lowest BCUT2D eigenvalue weighted by molar-refractivity contribution is -0.130. The van der Waals surface area contributed by atoms with Crippen LogP contribution in [0.2, 0.25) is 0 Å². The monoisotopic (exact) mass is 343 g/mol.